The summed E-state index contributed by atoms with van der Waals surface area (Å²) in [5.74, 6) is -0.122. The fourth-order valence-corrected chi connectivity index (χ4v) is 3.07. The quantitative estimate of drug-likeness (QED) is 0.758. The third-order valence-corrected chi connectivity index (χ3v) is 4.56. The van der Waals surface area contributed by atoms with E-state index in [4.69, 9.17) is 0 Å². The number of hydrogen-bond donors (Lipinski definition) is 1. The minimum atomic E-state index is -0.122. The second-order valence-corrected chi connectivity index (χ2v) is 6.22. The smallest absolute Gasteiger partial charge is 0.257 e. The number of hydrogen-bond acceptors (Lipinski definition) is 3. The third-order valence-electron chi connectivity index (χ3n) is 3.62. The van der Waals surface area contributed by atoms with Crippen molar-refractivity contribution in [2.75, 3.05) is 5.32 Å². The second-order valence-electron chi connectivity index (χ2n) is 5.19. The van der Waals surface area contributed by atoms with Crippen molar-refractivity contribution < 1.29 is 4.79 Å². The molecule has 0 saturated heterocycles. The molecule has 3 aromatic rings. The number of carbonyl (C=O) groups excluding carboxylic acids is 1. The zero-order valence-corrected chi connectivity index (χ0v) is 13.0. The van der Waals surface area contributed by atoms with Gasteiger partial charge in [-0.2, -0.15) is 0 Å². The number of anilines is 1. The summed E-state index contributed by atoms with van der Waals surface area (Å²) in [4.78, 5) is 16.8. The Bertz CT molecular complexity index is 819. The number of aromatic nitrogens is 1. The maximum atomic E-state index is 12.2. The van der Waals surface area contributed by atoms with Crippen LogP contribution in [0.1, 0.15) is 27.0 Å². The van der Waals surface area contributed by atoms with Gasteiger partial charge in [0.05, 0.1) is 10.2 Å². The van der Waals surface area contributed by atoms with Crippen molar-refractivity contribution in [2.45, 2.75) is 20.8 Å². The summed E-state index contributed by atoms with van der Waals surface area (Å²) in [6, 6.07) is 11.7. The Morgan fingerprint density at radius 1 is 1.05 bits per heavy atom. The molecule has 1 aromatic heterocycles. The molecule has 0 bridgehead atoms. The van der Waals surface area contributed by atoms with Crippen LogP contribution < -0.4 is 5.32 Å². The Labute approximate surface area is 127 Å². The van der Waals surface area contributed by atoms with Crippen molar-refractivity contribution in [3.63, 3.8) is 0 Å². The molecule has 1 amide bonds. The van der Waals surface area contributed by atoms with Gasteiger partial charge < -0.3 is 0 Å². The minimum absolute atomic E-state index is 0.122. The molecule has 0 unspecified atom stereocenters. The number of amides is 1. The van der Waals surface area contributed by atoms with Crippen LogP contribution in [0.25, 0.3) is 10.2 Å². The largest absolute Gasteiger partial charge is 0.298 e. The molecule has 0 saturated carbocycles. The SMILES string of the molecule is Cc1ccc(C(=O)Nc2nc3c(C)c(C)ccc3s2)cc1. The Morgan fingerprint density at radius 3 is 2.48 bits per heavy atom. The van der Waals surface area contributed by atoms with Crippen LogP contribution in [0.2, 0.25) is 0 Å². The van der Waals surface area contributed by atoms with E-state index in [2.05, 4.69) is 36.3 Å². The number of thiazole rings is 1. The topological polar surface area (TPSA) is 42.0 Å². The molecule has 0 atom stereocenters. The van der Waals surface area contributed by atoms with E-state index in [1.807, 2.05) is 31.2 Å². The van der Waals surface area contributed by atoms with Crippen LogP contribution in [-0.4, -0.2) is 10.9 Å². The maximum Gasteiger partial charge on any atom is 0.257 e. The molecule has 0 fully saturated rings. The summed E-state index contributed by atoms with van der Waals surface area (Å²) in [7, 11) is 0. The zero-order valence-electron chi connectivity index (χ0n) is 12.2. The van der Waals surface area contributed by atoms with Crippen molar-refractivity contribution in [3.05, 3.63) is 58.7 Å². The molecule has 1 heterocycles. The van der Waals surface area contributed by atoms with Gasteiger partial charge in [0.15, 0.2) is 5.13 Å². The first-order valence-electron chi connectivity index (χ1n) is 6.79. The summed E-state index contributed by atoms with van der Waals surface area (Å²) in [6.07, 6.45) is 0. The molecule has 0 radical (unpaired) electrons. The Hall–Kier alpha value is -2.20. The first kappa shape index (κ1) is 13.8. The van der Waals surface area contributed by atoms with E-state index in [1.54, 1.807) is 0 Å². The number of nitrogens with zero attached hydrogens (tertiary/aromatic N) is 1. The highest BCUT2D eigenvalue weighted by atomic mass is 32.1. The first-order valence-corrected chi connectivity index (χ1v) is 7.61. The van der Waals surface area contributed by atoms with Gasteiger partial charge >= 0.3 is 0 Å². The normalized spacial score (nSPS) is 10.8. The first-order chi connectivity index (χ1) is 10.0. The molecule has 21 heavy (non-hydrogen) atoms. The van der Waals surface area contributed by atoms with E-state index in [-0.39, 0.29) is 5.91 Å². The molecule has 0 spiro atoms. The van der Waals surface area contributed by atoms with Crippen molar-refractivity contribution in [1.29, 1.82) is 0 Å². The van der Waals surface area contributed by atoms with Crippen LogP contribution >= 0.6 is 11.3 Å². The van der Waals surface area contributed by atoms with Gasteiger partial charge in [-0.1, -0.05) is 35.1 Å². The molecule has 0 aliphatic carbocycles. The minimum Gasteiger partial charge on any atom is -0.298 e. The van der Waals surface area contributed by atoms with Crippen molar-refractivity contribution in [1.82, 2.24) is 4.98 Å². The van der Waals surface area contributed by atoms with Gasteiger partial charge in [-0.25, -0.2) is 4.98 Å². The number of carbonyl (C=O) groups is 1. The average molecular weight is 296 g/mol. The molecule has 3 rings (SSSR count). The van der Waals surface area contributed by atoms with E-state index >= 15 is 0 Å². The number of nitrogens with one attached hydrogen (secondary N) is 1. The Balaban J connectivity index is 1.89. The molecule has 0 aliphatic heterocycles. The summed E-state index contributed by atoms with van der Waals surface area (Å²) in [5, 5.41) is 3.53. The average Bonchev–Trinajstić information content (AvgIpc) is 2.87. The number of aryl methyl sites for hydroxylation is 3. The standard InChI is InChI=1S/C17H16N2OS/c1-10-4-7-13(8-5-10)16(20)19-17-18-15-12(3)11(2)6-9-14(15)21-17/h4-9H,1-3H3,(H,18,19,20). The Morgan fingerprint density at radius 2 is 1.76 bits per heavy atom. The highest BCUT2D eigenvalue weighted by Crippen LogP contribution is 2.29. The van der Waals surface area contributed by atoms with E-state index in [0.717, 1.165) is 15.8 Å². The summed E-state index contributed by atoms with van der Waals surface area (Å²) >= 11 is 1.50. The lowest BCUT2D eigenvalue weighted by Gasteiger charge is -2.01. The van der Waals surface area contributed by atoms with Gasteiger partial charge in [0.2, 0.25) is 0 Å². The number of rotatable bonds is 2. The third kappa shape index (κ3) is 2.67. The van der Waals surface area contributed by atoms with Crippen LogP contribution in [0.15, 0.2) is 36.4 Å². The van der Waals surface area contributed by atoms with Gasteiger partial charge in [-0.15, -0.1) is 0 Å². The fraction of sp³-hybridized carbons (Fsp3) is 0.176. The highest BCUT2D eigenvalue weighted by Gasteiger charge is 2.11. The molecule has 1 N–H and O–H groups in total. The highest BCUT2D eigenvalue weighted by molar-refractivity contribution is 7.22. The molecular formula is C17H16N2OS. The van der Waals surface area contributed by atoms with Gasteiger partial charge in [-0.3, -0.25) is 10.1 Å². The van der Waals surface area contributed by atoms with E-state index < -0.39 is 0 Å². The lowest BCUT2D eigenvalue weighted by Crippen LogP contribution is -2.11. The predicted molar refractivity (Wildman–Crippen MR) is 88.2 cm³/mol. The maximum absolute atomic E-state index is 12.2. The van der Waals surface area contributed by atoms with Crippen molar-refractivity contribution in [3.8, 4) is 0 Å². The van der Waals surface area contributed by atoms with E-state index in [0.29, 0.717) is 10.7 Å². The number of benzene rings is 2. The van der Waals surface area contributed by atoms with Crippen LogP contribution in [0, 0.1) is 20.8 Å². The lowest BCUT2D eigenvalue weighted by atomic mass is 10.1. The van der Waals surface area contributed by atoms with E-state index in [9.17, 15) is 4.79 Å². The van der Waals surface area contributed by atoms with Gasteiger partial charge in [0.1, 0.15) is 0 Å². The zero-order chi connectivity index (χ0) is 15.0. The molecule has 106 valence electrons. The van der Waals surface area contributed by atoms with Gasteiger partial charge in [-0.05, 0) is 50.1 Å². The fourth-order valence-electron chi connectivity index (χ4n) is 2.15. The molecular weight excluding hydrogens is 280 g/mol. The van der Waals surface area contributed by atoms with E-state index in [1.165, 1.54) is 22.5 Å². The molecule has 4 heteroatoms. The molecule has 0 aliphatic rings. The van der Waals surface area contributed by atoms with Crippen molar-refractivity contribution >= 4 is 32.6 Å². The monoisotopic (exact) mass is 296 g/mol. The predicted octanol–water partition coefficient (Wildman–Crippen LogP) is 4.47. The molecule has 2 aromatic carbocycles. The number of fused-ring (bicyclic) bond motifs is 1. The van der Waals surface area contributed by atoms with Gasteiger partial charge in [0, 0.05) is 5.56 Å². The Kier molecular flexibility index (Phi) is 3.47. The van der Waals surface area contributed by atoms with Gasteiger partial charge in [0.25, 0.3) is 5.91 Å². The lowest BCUT2D eigenvalue weighted by molar-refractivity contribution is 0.102. The van der Waals surface area contributed by atoms with Crippen molar-refractivity contribution in [2.24, 2.45) is 0 Å². The summed E-state index contributed by atoms with van der Waals surface area (Å²) in [5.41, 5.74) is 5.13. The van der Waals surface area contributed by atoms with Crippen LogP contribution in [0.4, 0.5) is 5.13 Å². The summed E-state index contributed by atoms with van der Waals surface area (Å²) in [6.45, 7) is 6.13. The summed E-state index contributed by atoms with van der Waals surface area (Å²) < 4.78 is 1.09. The molecule has 3 nitrogen and oxygen atoms in total. The van der Waals surface area contributed by atoms with Crippen LogP contribution in [-0.2, 0) is 0 Å². The van der Waals surface area contributed by atoms with Crippen LogP contribution in [0.5, 0.6) is 0 Å². The van der Waals surface area contributed by atoms with Crippen LogP contribution in [0.3, 0.4) is 0 Å². The second kappa shape index (κ2) is 5.30.